The number of phenols is 1. The second-order valence-electron chi connectivity index (χ2n) is 3.69. The summed E-state index contributed by atoms with van der Waals surface area (Å²) in [5.41, 5.74) is 4.97. The van der Waals surface area contributed by atoms with Gasteiger partial charge in [0, 0.05) is 17.7 Å². The number of methoxy groups -OCH3 is 1. The summed E-state index contributed by atoms with van der Waals surface area (Å²) in [5, 5.41) is 29.3. The van der Waals surface area contributed by atoms with Crippen molar-refractivity contribution in [2.24, 2.45) is 5.73 Å². The van der Waals surface area contributed by atoms with Gasteiger partial charge in [0.25, 0.3) is 0 Å². The van der Waals surface area contributed by atoms with Crippen LogP contribution < -0.4 is 5.73 Å². The van der Waals surface area contributed by atoms with Crippen LogP contribution in [0.25, 0.3) is 0 Å². The number of phenolic OH excluding ortho intramolecular Hbond substituents is 1. The molecular weight excluding hydrogens is 254 g/mol. The minimum absolute atomic E-state index is 0.0279. The van der Waals surface area contributed by atoms with Gasteiger partial charge in [-0.05, 0) is 6.07 Å². The smallest absolute Gasteiger partial charge is 0.312 e. The molecule has 19 heavy (non-hydrogen) atoms. The lowest BCUT2D eigenvalue weighted by molar-refractivity contribution is -0.386. The van der Waals surface area contributed by atoms with Crippen molar-refractivity contribution in [2.45, 2.75) is 12.5 Å². The van der Waals surface area contributed by atoms with Crippen molar-refractivity contribution in [1.29, 1.82) is 5.26 Å². The molecule has 8 nitrogen and oxygen atoms in total. The Kier molecular flexibility index (Phi) is 4.39. The van der Waals surface area contributed by atoms with Gasteiger partial charge in [0.05, 0.1) is 30.1 Å². The van der Waals surface area contributed by atoms with Crippen LogP contribution in [0.5, 0.6) is 5.75 Å². The van der Waals surface area contributed by atoms with Crippen molar-refractivity contribution >= 4 is 11.7 Å². The molecule has 0 saturated carbocycles. The van der Waals surface area contributed by atoms with Gasteiger partial charge in [-0.15, -0.1) is 0 Å². The van der Waals surface area contributed by atoms with Crippen LogP contribution in [-0.4, -0.2) is 23.1 Å². The Morgan fingerprint density at radius 2 is 2.32 bits per heavy atom. The minimum atomic E-state index is -1.00. The number of carbonyl (C=O) groups is 1. The van der Waals surface area contributed by atoms with E-state index >= 15 is 0 Å². The van der Waals surface area contributed by atoms with E-state index in [0.717, 1.165) is 6.07 Å². The molecule has 0 spiro atoms. The Morgan fingerprint density at radius 1 is 1.68 bits per heavy atom. The highest BCUT2D eigenvalue weighted by Gasteiger charge is 2.24. The Bertz CT molecular complexity index is 564. The molecular formula is C11H11N3O5. The summed E-state index contributed by atoms with van der Waals surface area (Å²) in [6.07, 6.45) is -0.268. The average Bonchev–Trinajstić information content (AvgIpc) is 2.38. The van der Waals surface area contributed by atoms with Gasteiger partial charge in [0.15, 0.2) is 5.75 Å². The number of nitro groups is 1. The van der Waals surface area contributed by atoms with Crippen molar-refractivity contribution < 1.29 is 19.6 Å². The van der Waals surface area contributed by atoms with Crippen molar-refractivity contribution in [3.05, 3.63) is 33.4 Å². The van der Waals surface area contributed by atoms with E-state index in [1.807, 2.05) is 0 Å². The Morgan fingerprint density at radius 3 is 2.79 bits per heavy atom. The molecule has 1 rings (SSSR count). The van der Waals surface area contributed by atoms with E-state index in [1.54, 1.807) is 6.07 Å². The van der Waals surface area contributed by atoms with Crippen LogP contribution in [0.1, 0.15) is 23.6 Å². The van der Waals surface area contributed by atoms with E-state index in [9.17, 15) is 20.0 Å². The predicted octanol–water partition coefficient (Wildman–Crippen LogP) is 0.735. The molecule has 0 aliphatic carbocycles. The summed E-state index contributed by atoms with van der Waals surface area (Å²) in [5.74, 6) is -1.28. The van der Waals surface area contributed by atoms with E-state index in [0.29, 0.717) is 0 Å². The topological polar surface area (TPSA) is 139 Å². The summed E-state index contributed by atoms with van der Waals surface area (Å²) in [6.45, 7) is 0. The molecule has 0 radical (unpaired) electrons. The summed E-state index contributed by atoms with van der Waals surface area (Å²) >= 11 is 0. The number of esters is 1. The number of rotatable bonds is 4. The van der Waals surface area contributed by atoms with Crippen molar-refractivity contribution in [2.75, 3.05) is 7.11 Å². The number of nitro benzene ring substituents is 1. The number of ether oxygens (including phenoxy) is 1. The highest BCUT2D eigenvalue weighted by atomic mass is 16.6. The summed E-state index contributed by atoms with van der Waals surface area (Å²) in [4.78, 5) is 21.0. The molecule has 0 saturated heterocycles. The third kappa shape index (κ3) is 3.17. The van der Waals surface area contributed by atoms with Gasteiger partial charge in [0.2, 0.25) is 0 Å². The molecule has 1 aromatic rings. The van der Waals surface area contributed by atoms with Crippen LogP contribution in [0, 0.1) is 21.4 Å². The van der Waals surface area contributed by atoms with Crippen LogP contribution in [0.4, 0.5) is 5.69 Å². The highest BCUT2D eigenvalue weighted by molar-refractivity contribution is 5.71. The predicted molar refractivity (Wildman–Crippen MR) is 63.0 cm³/mol. The maximum absolute atomic E-state index is 11.1. The SMILES string of the molecule is COC(=O)C[C@H](N)c1cc(C#N)cc([N+](=O)[O-])c1O. The third-order valence-corrected chi connectivity index (χ3v) is 2.46. The summed E-state index contributed by atoms with van der Waals surface area (Å²) in [6, 6.07) is 2.86. The maximum Gasteiger partial charge on any atom is 0.312 e. The number of nitriles is 1. The van der Waals surface area contributed by atoms with E-state index in [1.165, 1.54) is 13.2 Å². The Labute approximate surface area is 108 Å². The van der Waals surface area contributed by atoms with E-state index in [-0.39, 0.29) is 17.5 Å². The van der Waals surface area contributed by atoms with Gasteiger partial charge < -0.3 is 15.6 Å². The normalized spacial score (nSPS) is 11.4. The van der Waals surface area contributed by atoms with E-state index in [4.69, 9.17) is 11.0 Å². The van der Waals surface area contributed by atoms with Crippen molar-refractivity contribution in [1.82, 2.24) is 0 Å². The van der Waals surface area contributed by atoms with E-state index < -0.39 is 28.4 Å². The average molecular weight is 265 g/mol. The fourth-order valence-corrected chi connectivity index (χ4v) is 1.50. The van der Waals surface area contributed by atoms with Crippen LogP contribution >= 0.6 is 0 Å². The Hall–Kier alpha value is -2.66. The van der Waals surface area contributed by atoms with Gasteiger partial charge in [-0.3, -0.25) is 14.9 Å². The number of carbonyl (C=O) groups excluding carboxylic acids is 1. The molecule has 0 bridgehead atoms. The van der Waals surface area contributed by atoms with Gasteiger partial charge in [-0.1, -0.05) is 0 Å². The molecule has 0 aliphatic rings. The molecule has 8 heteroatoms. The number of nitrogens with zero attached hydrogens (tertiary/aromatic N) is 2. The molecule has 0 aromatic heterocycles. The lowest BCUT2D eigenvalue weighted by Crippen LogP contribution is -2.17. The first-order valence-electron chi connectivity index (χ1n) is 5.14. The molecule has 0 amide bonds. The van der Waals surface area contributed by atoms with Crippen LogP contribution in [0.2, 0.25) is 0 Å². The van der Waals surface area contributed by atoms with Crippen molar-refractivity contribution in [3.63, 3.8) is 0 Å². The minimum Gasteiger partial charge on any atom is -0.502 e. The standard InChI is InChI=1S/C11H11N3O5/c1-19-10(15)4-8(13)7-2-6(5-12)3-9(11(7)16)14(17)18/h2-3,8,16H,4,13H2,1H3/t8-/m0/s1. The van der Waals surface area contributed by atoms with Crippen molar-refractivity contribution in [3.8, 4) is 11.8 Å². The third-order valence-electron chi connectivity index (χ3n) is 2.46. The first-order chi connectivity index (χ1) is 8.90. The molecule has 0 heterocycles. The maximum atomic E-state index is 11.1. The molecule has 1 atom stereocenters. The van der Waals surface area contributed by atoms with Crippen LogP contribution in [-0.2, 0) is 9.53 Å². The Balaban J connectivity index is 3.27. The molecule has 0 aliphatic heterocycles. The zero-order valence-electron chi connectivity index (χ0n) is 9.99. The monoisotopic (exact) mass is 265 g/mol. The highest BCUT2D eigenvalue weighted by Crippen LogP contribution is 2.35. The lowest BCUT2D eigenvalue weighted by atomic mass is 10.00. The zero-order chi connectivity index (χ0) is 14.6. The summed E-state index contributed by atoms with van der Waals surface area (Å²) < 4.78 is 4.42. The van der Waals surface area contributed by atoms with Crippen LogP contribution in [0.3, 0.4) is 0 Å². The van der Waals surface area contributed by atoms with Gasteiger partial charge in [-0.25, -0.2) is 0 Å². The number of nitrogens with two attached hydrogens (primary N) is 1. The second-order valence-corrected chi connectivity index (χ2v) is 3.69. The first-order valence-corrected chi connectivity index (χ1v) is 5.14. The molecule has 3 N–H and O–H groups in total. The fourth-order valence-electron chi connectivity index (χ4n) is 1.50. The van der Waals surface area contributed by atoms with Gasteiger partial charge in [0.1, 0.15) is 0 Å². The van der Waals surface area contributed by atoms with Gasteiger partial charge >= 0.3 is 11.7 Å². The second kappa shape index (κ2) is 5.79. The van der Waals surface area contributed by atoms with E-state index in [2.05, 4.69) is 4.74 Å². The number of hydrogen-bond acceptors (Lipinski definition) is 7. The number of benzene rings is 1. The number of hydrogen-bond donors (Lipinski definition) is 2. The molecule has 0 fully saturated rings. The quantitative estimate of drug-likeness (QED) is 0.464. The fraction of sp³-hybridized carbons (Fsp3) is 0.273. The molecule has 1 aromatic carbocycles. The number of aromatic hydroxyl groups is 1. The van der Waals surface area contributed by atoms with Gasteiger partial charge in [-0.2, -0.15) is 5.26 Å². The largest absolute Gasteiger partial charge is 0.502 e. The molecule has 100 valence electrons. The molecule has 0 unspecified atom stereocenters. The van der Waals surface area contributed by atoms with Crippen LogP contribution in [0.15, 0.2) is 12.1 Å². The first kappa shape index (κ1) is 14.4. The summed E-state index contributed by atoms with van der Waals surface area (Å²) in [7, 11) is 1.17. The lowest BCUT2D eigenvalue weighted by Gasteiger charge is -2.12. The zero-order valence-corrected chi connectivity index (χ0v) is 9.99.